The molecule has 0 radical (unpaired) electrons. The number of nitrogens with zero attached hydrogens (tertiary/aromatic N) is 1. The topological polar surface area (TPSA) is 177 Å². The third-order valence-electron chi connectivity index (χ3n) is 17.3. The van der Waals surface area contributed by atoms with Crippen LogP contribution in [-0.4, -0.2) is 98.7 Å². The van der Waals surface area contributed by atoms with Crippen molar-refractivity contribution in [2.75, 3.05) is 19.7 Å². The van der Waals surface area contributed by atoms with Crippen LogP contribution in [0.5, 0.6) is 11.5 Å². The molecule has 0 unspecified atom stereocenters. The molecule has 1 spiro atoms. The lowest BCUT2D eigenvalue weighted by atomic mass is 9.45. The number of esters is 2. The smallest absolute Gasteiger partial charge is 0.311 e. The zero-order valence-electron chi connectivity index (χ0n) is 35.2. The van der Waals surface area contributed by atoms with Crippen LogP contribution in [0.15, 0.2) is 36.4 Å². The highest BCUT2D eigenvalue weighted by Crippen LogP contribution is 2.68. The van der Waals surface area contributed by atoms with Crippen molar-refractivity contribution in [2.24, 2.45) is 28.6 Å². The van der Waals surface area contributed by atoms with Crippen LogP contribution >= 0.6 is 0 Å². The molecule has 12 nitrogen and oxygen atoms in total. The Hall–Kier alpha value is -3.71. The summed E-state index contributed by atoms with van der Waals surface area (Å²) < 4.78 is 17.7. The predicted octanol–water partition coefficient (Wildman–Crippen LogP) is 5.19. The average molecular weight is 828 g/mol. The van der Waals surface area contributed by atoms with E-state index in [1.807, 2.05) is 19.1 Å². The number of unbranched alkanes of at least 4 members (excludes halogenated alkanes) is 3. The van der Waals surface area contributed by atoms with Crippen molar-refractivity contribution < 1.29 is 53.5 Å². The SMILES string of the molecule is C=CCN1CC[C@]23c4c5ccc(OC(=O)CCCCCCC(=O)OCC(=O)[C@@]6(O)CC[C@H]7[C@@H]8CCC9=CC(=O)CC[C@]9(C)[C@H]8[C@@H](O)C[C@@]76C)c4O[C@H]2C(=O)CC[C@@]3(O)[C@H]1C5. The fourth-order valence-electron chi connectivity index (χ4n) is 14.4. The summed E-state index contributed by atoms with van der Waals surface area (Å²) in [5, 5.41) is 36.0. The average Bonchev–Trinajstić information content (AvgIpc) is 3.71. The summed E-state index contributed by atoms with van der Waals surface area (Å²) >= 11 is 0. The van der Waals surface area contributed by atoms with Gasteiger partial charge in [-0.05, 0) is 112 Å². The van der Waals surface area contributed by atoms with Crippen LogP contribution in [0.25, 0.3) is 0 Å². The molecule has 1 saturated heterocycles. The number of carbonyl (C=O) groups excluding carboxylic acids is 5. The number of piperidine rings is 1. The number of aliphatic hydroxyl groups excluding tert-OH is 1. The number of likely N-dealkylation sites (tertiary alicyclic amines) is 1. The summed E-state index contributed by atoms with van der Waals surface area (Å²) in [5.41, 5.74) is -1.86. The van der Waals surface area contributed by atoms with Crippen LogP contribution in [0, 0.1) is 28.6 Å². The number of hydrogen-bond acceptors (Lipinski definition) is 12. The van der Waals surface area contributed by atoms with Crippen LogP contribution in [0.1, 0.15) is 128 Å². The van der Waals surface area contributed by atoms with Gasteiger partial charge in [0.05, 0.1) is 17.1 Å². The minimum absolute atomic E-state index is 0.0259. The third kappa shape index (κ3) is 6.00. The normalized spacial score (nSPS) is 39.6. The molecule has 9 rings (SSSR count). The Bertz CT molecular complexity index is 2040. The number of Topliss-reactive ketones (excluding diaryl/α,β-unsaturated/α-hetero) is 2. The summed E-state index contributed by atoms with van der Waals surface area (Å²) in [4.78, 5) is 67.3. The Morgan fingerprint density at radius 2 is 1.73 bits per heavy atom. The molecule has 6 aliphatic carbocycles. The molecule has 1 aromatic rings. The van der Waals surface area contributed by atoms with Crippen molar-refractivity contribution in [3.05, 3.63) is 47.6 Å². The van der Waals surface area contributed by atoms with Gasteiger partial charge in [0.2, 0.25) is 5.78 Å². The Balaban J connectivity index is 0.739. The summed E-state index contributed by atoms with van der Waals surface area (Å²) in [6.07, 6.45) is 10.5. The lowest BCUT2D eigenvalue weighted by Crippen LogP contribution is -2.76. The van der Waals surface area contributed by atoms with Crippen molar-refractivity contribution in [2.45, 2.75) is 158 Å². The van der Waals surface area contributed by atoms with Gasteiger partial charge in [0, 0.05) is 55.8 Å². The van der Waals surface area contributed by atoms with E-state index in [0.717, 1.165) is 29.5 Å². The van der Waals surface area contributed by atoms with E-state index in [4.69, 9.17) is 14.2 Å². The fourth-order valence-corrected chi connectivity index (χ4v) is 14.4. The molecule has 324 valence electrons. The Morgan fingerprint density at radius 1 is 0.967 bits per heavy atom. The predicted molar refractivity (Wildman–Crippen MR) is 218 cm³/mol. The number of rotatable bonds is 13. The highest BCUT2D eigenvalue weighted by molar-refractivity contribution is 5.92. The molecule has 2 aliphatic heterocycles. The largest absolute Gasteiger partial charge is 0.477 e. The monoisotopic (exact) mass is 827 g/mol. The van der Waals surface area contributed by atoms with E-state index >= 15 is 0 Å². The van der Waals surface area contributed by atoms with E-state index in [0.29, 0.717) is 83.0 Å². The molecule has 2 bridgehead atoms. The highest BCUT2D eigenvalue weighted by atomic mass is 16.6. The van der Waals surface area contributed by atoms with Crippen molar-refractivity contribution in [1.29, 1.82) is 0 Å². The number of benzene rings is 1. The van der Waals surface area contributed by atoms with Crippen LogP contribution in [0.3, 0.4) is 0 Å². The zero-order valence-corrected chi connectivity index (χ0v) is 35.2. The number of allylic oxidation sites excluding steroid dienone is 1. The number of ketones is 3. The Labute approximate surface area is 352 Å². The van der Waals surface area contributed by atoms with Crippen LogP contribution in [0.4, 0.5) is 0 Å². The van der Waals surface area contributed by atoms with Gasteiger partial charge in [-0.2, -0.15) is 0 Å². The maximum absolute atomic E-state index is 13.7. The summed E-state index contributed by atoms with van der Waals surface area (Å²) in [6.45, 7) is 8.83. The number of ether oxygens (including phenoxy) is 3. The van der Waals surface area contributed by atoms with Gasteiger partial charge in [0.25, 0.3) is 0 Å². The van der Waals surface area contributed by atoms with Crippen molar-refractivity contribution in [3.8, 4) is 11.5 Å². The second-order valence-electron chi connectivity index (χ2n) is 20.0. The van der Waals surface area contributed by atoms with Crippen LogP contribution in [-0.2, 0) is 40.5 Å². The van der Waals surface area contributed by atoms with Gasteiger partial charge in [-0.25, -0.2) is 0 Å². The van der Waals surface area contributed by atoms with Gasteiger partial charge in [-0.1, -0.05) is 44.4 Å². The molecule has 2 heterocycles. The molecule has 0 aromatic heterocycles. The van der Waals surface area contributed by atoms with E-state index < -0.39 is 58.6 Å². The Morgan fingerprint density at radius 3 is 2.50 bits per heavy atom. The van der Waals surface area contributed by atoms with E-state index in [1.165, 1.54) is 0 Å². The second-order valence-corrected chi connectivity index (χ2v) is 20.0. The molecule has 3 N–H and O–H groups in total. The first-order valence-corrected chi connectivity index (χ1v) is 22.6. The first kappa shape index (κ1) is 41.6. The van der Waals surface area contributed by atoms with Gasteiger partial charge in [0.1, 0.15) is 5.60 Å². The molecular formula is C48H61NO11. The molecule has 4 saturated carbocycles. The minimum Gasteiger partial charge on any atom is -0.477 e. The van der Waals surface area contributed by atoms with Gasteiger partial charge in [0.15, 0.2) is 35.8 Å². The lowest BCUT2D eigenvalue weighted by molar-refractivity contribution is -0.187. The molecule has 11 atom stereocenters. The van der Waals surface area contributed by atoms with Crippen molar-refractivity contribution >= 4 is 29.3 Å². The molecule has 5 fully saturated rings. The minimum atomic E-state index is -1.70. The number of carbonyl (C=O) groups is 5. The van der Waals surface area contributed by atoms with E-state index in [-0.39, 0.29) is 78.6 Å². The standard InChI is InChI=1S/C48H61NO11/c1-4-22-49-23-21-46-40-28-11-14-35(42(40)60-43(46)33(51)17-20-47(46,56)36(49)24-28)59-39(55)10-8-6-5-7-9-38(54)58-27-37(53)48(57)19-16-32-31-13-12-29-25-30(50)15-18-44(29,2)41(31)34(52)26-45(32,48)3/h4,11,14,25,31-32,34,36,41,43,52,56-57H,1,5-10,12-13,15-24,26-27H2,2-3H3/t31-,32-,34-,36+,41+,43-,44-,45-,46-,47+,48-/m0/s1. The molecular weight excluding hydrogens is 767 g/mol. The molecule has 60 heavy (non-hydrogen) atoms. The van der Waals surface area contributed by atoms with Gasteiger partial charge < -0.3 is 29.5 Å². The maximum atomic E-state index is 13.7. The summed E-state index contributed by atoms with van der Waals surface area (Å²) in [6, 6.07) is 3.51. The molecule has 12 heteroatoms. The van der Waals surface area contributed by atoms with Gasteiger partial charge >= 0.3 is 11.9 Å². The van der Waals surface area contributed by atoms with E-state index in [1.54, 1.807) is 12.1 Å². The number of fused-ring (bicyclic) bond motifs is 5. The van der Waals surface area contributed by atoms with Crippen molar-refractivity contribution in [1.82, 2.24) is 4.90 Å². The zero-order chi connectivity index (χ0) is 42.4. The quantitative estimate of drug-likeness (QED) is 0.103. The van der Waals surface area contributed by atoms with Crippen LogP contribution < -0.4 is 9.47 Å². The molecule has 0 amide bonds. The number of hydrogen-bond donors (Lipinski definition) is 3. The maximum Gasteiger partial charge on any atom is 0.311 e. The van der Waals surface area contributed by atoms with Crippen molar-refractivity contribution in [3.63, 3.8) is 0 Å². The highest BCUT2D eigenvalue weighted by Gasteiger charge is 2.73. The fraction of sp³-hybridized carbons (Fsp3) is 0.688. The second kappa shape index (κ2) is 15.0. The van der Waals surface area contributed by atoms with Crippen LogP contribution in [0.2, 0.25) is 0 Å². The van der Waals surface area contributed by atoms with Gasteiger partial charge in [-0.15, -0.1) is 6.58 Å². The molecule has 8 aliphatic rings. The van der Waals surface area contributed by atoms with E-state index in [9.17, 15) is 39.3 Å². The van der Waals surface area contributed by atoms with Gasteiger partial charge in [-0.3, -0.25) is 28.9 Å². The first-order chi connectivity index (χ1) is 28.6. The molecule has 1 aromatic carbocycles. The van der Waals surface area contributed by atoms with E-state index in [2.05, 4.69) is 18.4 Å². The summed E-state index contributed by atoms with van der Waals surface area (Å²) in [5.74, 6) is -0.525. The first-order valence-electron chi connectivity index (χ1n) is 22.6. The number of aliphatic hydroxyl groups is 3. The summed E-state index contributed by atoms with van der Waals surface area (Å²) in [7, 11) is 0. The third-order valence-corrected chi connectivity index (χ3v) is 17.3. The lowest BCUT2D eigenvalue weighted by Gasteiger charge is -2.62. The Kier molecular flexibility index (Phi) is 10.4.